The first-order chi connectivity index (χ1) is 20.1. The Hall–Kier alpha value is -3.48. The highest BCUT2D eigenvalue weighted by molar-refractivity contribution is 7.48. The summed E-state index contributed by atoms with van der Waals surface area (Å²) in [6.07, 6.45) is 4.60. The van der Waals surface area contributed by atoms with Gasteiger partial charge < -0.3 is 9.47 Å². The van der Waals surface area contributed by atoms with E-state index in [1.165, 1.54) is 24.8 Å². The highest BCUT2D eigenvalue weighted by Crippen LogP contribution is 2.49. The number of H-pyrrole nitrogens is 1. The maximum atomic E-state index is 13.1. The molecule has 1 aliphatic heterocycles. The molecular formula is C28H35N4O9P. The van der Waals surface area contributed by atoms with Crippen LogP contribution in [0.5, 0.6) is 0 Å². The van der Waals surface area contributed by atoms with Crippen molar-refractivity contribution in [1.29, 1.82) is 0 Å². The Labute approximate surface area is 242 Å². The molecule has 2 unspecified atom stereocenters. The molecule has 13 nitrogen and oxygen atoms in total. The first-order valence-electron chi connectivity index (χ1n) is 13.5. The number of carbonyl (C=O) groups is 1. The van der Waals surface area contributed by atoms with E-state index in [0.717, 1.165) is 35.4 Å². The van der Waals surface area contributed by atoms with Gasteiger partial charge in [-0.3, -0.25) is 42.7 Å². The smallest absolute Gasteiger partial charge is 0.460 e. The minimum absolute atomic E-state index is 0.119. The Bertz CT molecular complexity index is 1560. The predicted octanol–water partition coefficient (Wildman–Crippen LogP) is 3.64. The molecule has 0 amide bonds. The van der Waals surface area contributed by atoms with Gasteiger partial charge in [-0.2, -0.15) is 0 Å². The molecule has 1 saturated heterocycles. The Morgan fingerprint density at radius 3 is 2.57 bits per heavy atom. The van der Waals surface area contributed by atoms with Crippen LogP contribution in [0.25, 0.3) is 11.4 Å². The minimum Gasteiger partial charge on any atom is -0.460 e. The average Bonchev–Trinajstić information content (AvgIpc) is 3.35. The molecule has 3 aromatic heterocycles. The monoisotopic (exact) mass is 602 g/mol. The third kappa shape index (κ3) is 8.30. The molecule has 0 aliphatic carbocycles. The number of hydrogen-bond donors (Lipinski definition) is 1. The van der Waals surface area contributed by atoms with E-state index in [1.807, 2.05) is 31.2 Å². The van der Waals surface area contributed by atoms with Gasteiger partial charge in [-0.05, 0) is 68.5 Å². The van der Waals surface area contributed by atoms with Crippen molar-refractivity contribution in [2.45, 2.75) is 64.9 Å². The number of phosphoric ester groups is 1. The fraction of sp³-hybridized carbons (Fsp3) is 0.464. The number of nitrogens with one attached hydrogen (secondary N) is 1. The summed E-state index contributed by atoms with van der Waals surface area (Å²) in [4.78, 5) is 46.8. The van der Waals surface area contributed by atoms with E-state index in [4.69, 9.17) is 23.0 Å². The first kappa shape index (κ1) is 31.5. The number of esters is 1. The highest BCUT2D eigenvalue weighted by atomic mass is 31.2. The molecule has 0 spiro atoms. The molecule has 0 bridgehead atoms. The summed E-state index contributed by atoms with van der Waals surface area (Å²) >= 11 is 0. The number of rotatable bonds is 13. The van der Waals surface area contributed by atoms with Crippen molar-refractivity contribution in [1.82, 2.24) is 19.5 Å². The summed E-state index contributed by atoms with van der Waals surface area (Å²) in [6.45, 7) is 4.64. The molecule has 3 aromatic rings. The van der Waals surface area contributed by atoms with Crippen molar-refractivity contribution < 1.29 is 32.4 Å². The Morgan fingerprint density at radius 2 is 1.86 bits per heavy atom. The number of aryl methyl sites for hydroxylation is 3. The second-order valence-corrected chi connectivity index (χ2v) is 11.8. The second-order valence-electron chi connectivity index (χ2n) is 9.98. The predicted molar refractivity (Wildman–Crippen MR) is 152 cm³/mol. The van der Waals surface area contributed by atoms with Gasteiger partial charge in [0.05, 0.1) is 24.6 Å². The number of ether oxygens (including phenoxy) is 2. The minimum atomic E-state index is -3.95. The fourth-order valence-electron chi connectivity index (χ4n) is 4.52. The summed E-state index contributed by atoms with van der Waals surface area (Å²) in [5, 5.41) is 0. The van der Waals surface area contributed by atoms with Crippen molar-refractivity contribution in [2.75, 3.05) is 20.3 Å². The number of hydrogen-bond acceptors (Lipinski definition) is 11. The number of phosphoric acid groups is 1. The molecule has 14 heteroatoms. The quantitative estimate of drug-likeness (QED) is 0.173. The van der Waals surface area contributed by atoms with Gasteiger partial charge in [0, 0.05) is 44.6 Å². The Morgan fingerprint density at radius 1 is 1.12 bits per heavy atom. The lowest BCUT2D eigenvalue weighted by atomic mass is 10.1. The van der Waals surface area contributed by atoms with E-state index in [1.54, 1.807) is 19.3 Å². The van der Waals surface area contributed by atoms with Gasteiger partial charge in [-0.15, -0.1) is 0 Å². The normalized spacial score (nSPS) is 19.9. The lowest BCUT2D eigenvalue weighted by Gasteiger charge is -2.21. The van der Waals surface area contributed by atoms with Crippen LogP contribution in [-0.4, -0.2) is 58.0 Å². The number of aromatic amines is 1. The first-order valence-corrected chi connectivity index (χ1v) is 15.0. The van der Waals surface area contributed by atoms with E-state index in [0.29, 0.717) is 12.0 Å². The van der Waals surface area contributed by atoms with E-state index < -0.39 is 43.5 Å². The number of pyridine rings is 2. The maximum absolute atomic E-state index is 13.1. The van der Waals surface area contributed by atoms with Crippen LogP contribution in [0.2, 0.25) is 0 Å². The summed E-state index contributed by atoms with van der Waals surface area (Å²) < 4.78 is 41.6. The number of nitrogens with zero attached hydrogens (tertiary/aromatic N) is 3. The molecule has 1 aliphatic rings. The van der Waals surface area contributed by atoms with Crippen LogP contribution < -0.4 is 11.2 Å². The SMILES string of the molecule is COP(=O)(OCCCCc1ccnc(-c2cc(C)ccn2)c1)OC[C@H]1O[C@@H](n2cc(C)c(=O)[nH]c2=O)CC1OC(C)=O. The number of carbonyl (C=O) groups excluding carboxylic acids is 1. The molecule has 1 N–H and O–H groups in total. The van der Waals surface area contributed by atoms with Crippen molar-refractivity contribution in [2.24, 2.45) is 0 Å². The lowest BCUT2D eigenvalue weighted by molar-refractivity contribution is -0.150. The van der Waals surface area contributed by atoms with E-state index in [9.17, 15) is 18.9 Å². The molecule has 0 radical (unpaired) electrons. The molecule has 1 fully saturated rings. The third-order valence-corrected chi connectivity index (χ3v) is 8.10. The lowest BCUT2D eigenvalue weighted by Crippen LogP contribution is -2.33. The zero-order valence-electron chi connectivity index (χ0n) is 24.0. The van der Waals surface area contributed by atoms with Gasteiger partial charge in [-0.25, -0.2) is 9.36 Å². The van der Waals surface area contributed by atoms with Crippen LogP contribution in [-0.2, 0) is 38.8 Å². The van der Waals surface area contributed by atoms with Crippen molar-refractivity contribution in [3.63, 3.8) is 0 Å². The summed E-state index contributed by atoms with van der Waals surface area (Å²) in [7, 11) is -2.74. The van der Waals surface area contributed by atoms with Gasteiger partial charge in [-0.1, -0.05) is 0 Å². The van der Waals surface area contributed by atoms with Gasteiger partial charge >= 0.3 is 19.5 Å². The van der Waals surface area contributed by atoms with Gasteiger partial charge in [0.1, 0.15) is 18.4 Å². The van der Waals surface area contributed by atoms with Crippen LogP contribution in [0.1, 0.15) is 49.1 Å². The standard InChI is InChI=1S/C28H35N4O9P/c1-18-8-10-29-22(13-18)23-14-21(9-11-30-23)7-5-6-12-38-42(36,37-4)39-17-25-24(40-20(3)33)15-26(41-25)32-16-19(2)27(34)31-28(32)35/h8-11,13-14,16,24-26H,5-7,12,15,17H2,1-4H3,(H,31,34,35)/t24?,25-,26-,42?/m1/s1. The van der Waals surface area contributed by atoms with Crippen molar-refractivity contribution in [3.8, 4) is 11.4 Å². The number of aromatic nitrogens is 4. The molecule has 42 heavy (non-hydrogen) atoms. The topological polar surface area (TPSA) is 161 Å². The molecular weight excluding hydrogens is 567 g/mol. The van der Waals surface area contributed by atoms with Crippen LogP contribution in [0.15, 0.2) is 52.4 Å². The maximum Gasteiger partial charge on any atom is 0.474 e. The summed E-state index contributed by atoms with van der Waals surface area (Å²) in [5.74, 6) is -0.554. The summed E-state index contributed by atoms with van der Waals surface area (Å²) in [6, 6.07) is 7.87. The molecule has 0 aromatic carbocycles. The fourth-order valence-corrected chi connectivity index (χ4v) is 5.49. The third-order valence-electron chi connectivity index (χ3n) is 6.69. The zero-order valence-corrected chi connectivity index (χ0v) is 24.9. The van der Waals surface area contributed by atoms with Gasteiger partial charge in [0.2, 0.25) is 0 Å². The molecule has 0 saturated carbocycles. The van der Waals surface area contributed by atoms with Crippen LogP contribution in [0.4, 0.5) is 0 Å². The summed E-state index contributed by atoms with van der Waals surface area (Å²) in [5.41, 5.74) is 2.95. The second kappa shape index (κ2) is 14.1. The van der Waals surface area contributed by atoms with E-state index in [2.05, 4.69) is 15.0 Å². The Kier molecular flexibility index (Phi) is 10.6. The average molecular weight is 603 g/mol. The Balaban J connectivity index is 1.29. The zero-order chi connectivity index (χ0) is 30.3. The van der Waals surface area contributed by atoms with E-state index in [-0.39, 0.29) is 19.6 Å². The highest BCUT2D eigenvalue weighted by Gasteiger charge is 2.41. The molecule has 226 valence electrons. The van der Waals surface area contributed by atoms with Crippen molar-refractivity contribution >= 4 is 13.8 Å². The molecule has 4 heterocycles. The molecule has 4 rings (SSSR count). The van der Waals surface area contributed by atoms with Crippen molar-refractivity contribution in [3.05, 3.63) is 80.4 Å². The largest absolute Gasteiger partial charge is 0.474 e. The number of unbranched alkanes of at least 4 members (excludes halogenated alkanes) is 1. The van der Waals surface area contributed by atoms with E-state index >= 15 is 0 Å². The molecule has 4 atom stereocenters. The van der Waals surface area contributed by atoms with Gasteiger partial charge in [0.15, 0.2) is 0 Å². The van der Waals surface area contributed by atoms with Crippen LogP contribution in [0, 0.1) is 13.8 Å². The van der Waals surface area contributed by atoms with Crippen LogP contribution >= 0.6 is 7.82 Å². The van der Waals surface area contributed by atoms with Gasteiger partial charge in [0.25, 0.3) is 5.56 Å². The van der Waals surface area contributed by atoms with Crippen LogP contribution in [0.3, 0.4) is 0 Å².